The maximum absolute atomic E-state index is 4.58. The van der Waals surface area contributed by atoms with Crippen molar-refractivity contribution in [3.05, 3.63) is 27.0 Å². The van der Waals surface area contributed by atoms with Crippen molar-refractivity contribution in [1.82, 2.24) is 10.3 Å². The number of thiazole rings is 1. The highest BCUT2D eigenvalue weighted by atomic mass is 79.9. The molecule has 2 rings (SSSR count). The largest absolute Gasteiger partial charge is 0.311 e. The molecule has 0 unspecified atom stereocenters. The fourth-order valence-electron chi connectivity index (χ4n) is 1.18. The number of nitrogens with zero attached hydrogens (tertiary/aromatic N) is 1. The molecular formula is C10H11BrN2S2. The van der Waals surface area contributed by atoms with Crippen LogP contribution in [-0.4, -0.2) is 11.5 Å². The molecule has 0 saturated heterocycles. The second kappa shape index (κ2) is 5.21. The molecule has 0 saturated carbocycles. The summed E-state index contributed by atoms with van der Waals surface area (Å²) in [5.41, 5.74) is 1.13. The van der Waals surface area contributed by atoms with Crippen molar-refractivity contribution in [2.45, 2.75) is 13.5 Å². The van der Waals surface area contributed by atoms with Crippen LogP contribution in [0.3, 0.4) is 0 Å². The van der Waals surface area contributed by atoms with Gasteiger partial charge in [0.2, 0.25) is 0 Å². The predicted octanol–water partition coefficient (Wildman–Crippen LogP) is 3.74. The number of nitrogens with one attached hydrogen (secondary N) is 1. The topological polar surface area (TPSA) is 24.9 Å². The van der Waals surface area contributed by atoms with E-state index in [2.05, 4.69) is 50.7 Å². The lowest BCUT2D eigenvalue weighted by Crippen LogP contribution is -2.11. The first-order valence-corrected chi connectivity index (χ1v) is 7.19. The normalized spacial score (nSPS) is 10.8. The van der Waals surface area contributed by atoms with Gasteiger partial charge in [0.25, 0.3) is 0 Å². The quantitative estimate of drug-likeness (QED) is 0.930. The van der Waals surface area contributed by atoms with Crippen molar-refractivity contribution in [2.24, 2.45) is 0 Å². The zero-order valence-corrected chi connectivity index (χ0v) is 11.5. The molecule has 80 valence electrons. The van der Waals surface area contributed by atoms with Crippen LogP contribution in [0.2, 0.25) is 0 Å². The van der Waals surface area contributed by atoms with Gasteiger partial charge in [-0.1, -0.05) is 6.92 Å². The maximum atomic E-state index is 4.58. The number of aromatic nitrogens is 1. The van der Waals surface area contributed by atoms with Gasteiger partial charge in [-0.25, -0.2) is 4.98 Å². The summed E-state index contributed by atoms with van der Waals surface area (Å²) >= 11 is 6.89. The average molecular weight is 303 g/mol. The summed E-state index contributed by atoms with van der Waals surface area (Å²) in [7, 11) is 0. The molecule has 0 aliphatic carbocycles. The van der Waals surface area contributed by atoms with Gasteiger partial charge in [-0.05, 0) is 34.6 Å². The smallest absolute Gasteiger partial charge is 0.133 e. The maximum Gasteiger partial charge on any atom is 0.133 e. The van der Waals surface area contributed by atoms with Crippen LogP contribution in [0.25, 0.3) is 9.88 Å². The van der Waals surface area contributed by atoms with Crippen molar-refractivity contribution in [2.75, 3.05) is 6.54 Å². The monoisotopic (exact) mass is 302 g/mol. The molecular weight excluding hydrogens is 292 g/mol. The Labute approximate surface area is 106 Å². The number of thiophene rings is 1. The van der Waals surface area contributed by atoms with E-state index in [9.17, 15) is 0 Å². The minimum atomic E-state index is 0.861. The van der Waals surface area contributed by atoms with Gasteiger partial charge < -0.3 is 5.32 Å². The standard InChI is InChI=1S/C10H11BrN2S2/c1-2-12-5-7-6-14-10(13-7)8-3-4-9(11)15-8/h3-4,6,12H,2,5H2,1H3. The molecule has 0 atom stereocenters. The van der Waals surface area contributed by atoms with Crippen LogP contribution in [0, 0.1) is 0 Å². The van der Waals surface area contributed by atoms with Gasteiger partial charge in [-0.2, -0.15) is 0 Å². The fourth-order valence-corrected chi connectivity index (χ4v) is 3.46. The Morgan fingerprint density at radius 1 is 1.47 bits per heavy atom. The summed E-state index contributed by atoms with van der Waals surface area (Å²) in [6, 6.07) is 4.16. The molecule has 0 radical (unpaired) electrons. The molecule has 0 fully saturated rings. The highest BCUT2D eigenvalue weighted by Crippen LogP contribution is 2.32. The van der Waals surface area contributed by atoms with E-state index in [4.69, 9.17) is 0 Å². The summed E-state index contributed by atoms with van der Waals surface area (Å²) in [6.45, 7) is 3.95. The van der Waals surface area contributed by atoms with Crippen LogP contribution in [0.15, 0.2) is 21.3 Å². The summed E-state index contributed by atoms with van der Waals surface area (Å²) in [5.74, 6) is 0. The van der Waals surface area contributed by atoms with Crippen molar-refractivity contribution in [3.8, 4) is 9.88 Å². The summed E-state index contributed by atoms with van der Waals surface area (Å²) < 4.78 is 1.15. The molecule has 0 aromatic carbocycles. The van der Waals surface area contributed by atoms with Gasteiger partial charge in [0.05, 0.1) is 14.4 Å². The molecule has 0 spiro atoms. The minimum absolute atomic E-state index is 0.861. The van der Waals surface area contributed by atoms with Crippen LogP contribution in [0.5, 0.6) is 0 Å². The van der Waals surface area contributed by atoms with Gasteiger partial charge in [-0.15, -0.1) is 22.7 Å². The van der Waals surface area contributed by atoms with Crippen molar-refractivity contribution < 1.29 is 0 Å². The SMILES string of the molecule is CCNCc1csc(-c2ccc(Br)s2)n1. The Bertz CT molecular complexity index is 436. The van der Waals surface area contributed by atoms with Crippen LogP contribution < -0.4 is 5.32 Å². The molecule has 2 aromatic heterocycles. The summed E-state index contributed by atoms with van der Waals surface area (Å²) in [4.78, 5) is 5.81. The first-order valence-electron chi connectivity index (χ1n) is 4.70. The highest BCUT2D eigenvalue weighted by Gasteiger charge is 2.06. The van der Waals surface area contributed by atoms with E-state index in [1.165, 1.54) is 4.88 Å². The van der Waals surface area contributed by atoms with Gasteiger partial charge in [-0.3, -0.25) is 0 Å². The molecule has 2 heterocycles. The second-order valence-corrected chi connectivity index (χ2v) is 6.35. The molecule has 15 heavy (non-hydrogen) atoms. The van der Waals surface area contributed by atoms with Crippen LogP contribution in [0.4, 0.5) is 0 Å². The van der Waals surface area contributed by atoms with Gasteiger partial charge in [0.15, 0.2) is 0 Å². The van der Waals surface area contributed by atoms with Crippen molar-refractivity contribution in [3.63, 3.8) is 0 Å². The van der Waals surface area contributed by atoms with Gasteiger partial charge in [0, 0.05) is 11.9 Å². The molecule has 2 aromatic rings. The van der Waals surface area contributed by atoms with Crippen molar-refractivity contribution >= 4 is 38.6 Å². The third kappa shape index (κ3) is 2.87. The summed E-state index contributed by atoms with van der Waals surface area (Å²) in [5, 5.41) is 6.50. The van der Waals surface area contributed by atoms with Gasteiger partial charge in [0.1, 0.15) is 5.01 Å². The number of rotatable bonds is 4. The number of halogens is 1. The molecule has 0 aliphatic heterocycles. The van der Waals surface area contributed by atoms with Crippen LogP contribution in [0.1, 0.15) is 12.6 Å². The first-order chi connectivity index (χ1) is 7.29. The zero-order chi connectivity index (χ0) is 10.7. The van der Waals surface area contributed by atoms with E-state index in [-0.39, 0.29) is 0 Å². The van der Waals surface area contributed by atoms with E-state index >= 15 is 0 Å². The molecule has 0 bridgehead atoms. The Kier molecular flexibility index (Phi) is 3.91. The van der Waals surface area contributed by atoms with E-state index < -0.39 is 0 Å². The third-order valence-electron chi connectivity index (χ3n) is 1.89. The van der Waals surface area contributed by atoms with Crippen molar-refractivity contribution in [1.29, 1.82) is 0 Å². The van der Waals surface area contributed by atoms with E-state index in [1.54, 1.807) is 22.7 Å². The second-order valence-electron chi connectivity index (χ2n) is 3.03. The highest BCUT2D eigenvalue weighted by molar-refractivity contribution is 9.11. The molecule has 0 aliphatic rings. The lowest BCUT2D eigenvalue weighted by atomic mass is 10.4. The van der Waals surface area contributed by atoms with E-state index in [0.29, 0.717) is 0 Å². The van der Waals surface area contributed by atoms with E-state index in [1.807, 2.05) is 0 Å². The Morgan fingerprint density at radius 2 is 2.33 bits per heavy atom. The van der Waals surface area contributed by atoms with Gasteiger partial charge >= 0.3 is 0 Å². The number of hydrogen-bond donors (Lipinski definition) is 1. The molecule has 2 nitrogen and oxygen atoms in total. The number of hydrogen-bond acceptors (Lipinski definition) is 4. The third-order valence-corrected chi connectivity index (χ3v) is 4.58. The zero-order valence-electron chi connectivity index (χ0n) is 8.29. The molecule has 5 heteroatoms. The fraction of sp³-hybridized carbons (Fsp3) is 0.300. The Morgan fingerprint density at radius 3 is 3.00 bits per heavy atom. The average Bonchev–Trinajstić information content (AvgIpc) is 2.83. The predicted molar refractivity (Wildman–Crippen MR) is 70.5 cm³/mol. The lowest BCUT2D eigenvalue weighted by Gasteiger charge is -1.95. The van der Waals surface area contributed by atoms with Crippen LogP contribution >= 0.6 is 38.6 Å². The molecule has 0 amide bonds. The summed E-state index contributed by atoms with van der Waals surface area (Å²) in [6.07, 6.45) is 0. The minimum Gasteiger partial charge on any atom is -0.311 e. The van der Waals surface area contributed by atoms with Crippen LogP contribution in [-0.2, 0) is 6.54 Å². The Hall–Kier alpha value is -0.230. The first kappa shape index (κ1) is 11.3. The lowest BCUT2D eigenvalue weighted by molar-refractivity contribution is 0.715. The Balaban J connectivity index is 2.13. The molecule has 1 N–H and O–H groups in total. The van der Waals surface area contributed by atoms with E-state index in [0.717, 1.165) is 27.6 Å².